The molecule has 1 aromatic heterocycles. The first-order chi connectivity index (χ1) is 10.9. The van der Waals surface area contributed by atoms with Crippen molar-refractivity contribution in [2.24, 2.45) is 0 Å². The fraction of sp³-hybridized carbons (Fsp3) is 0.444. The van der Waals surface area contributed by atoms with Gasteiger partial charge in [0.2, 0.25) is 0 Å². The lowest BCUT2D eigenvalue weighted by Crippen LogP contribution is -2.15. The monoisotopic (exact) mass is 311 g/mol. The van der Waals surface area contributed by atoms with Gasteiger partial charge >= 0.3 is 0 Å². The zero-order valence-corrected chi connectivity index (χ0v) is 13.5. The maximum absolute atomic E-state index is 4.98. The van der Waals surface area contributed by atoms with Crippen LogP contribution in [0.2, 0.25) is 0 Å². The molecule has 1 saturated heterocycles. The summed E-state index contributed by atoms with van der Waals surface area (Å²) in [6, 6.07) is 10.6. The molecule has 1 fully saturated rings. The zero-order chi connectivity index (χ0) is 14.8. The Bertz CT molecular complexity index is 651. The molecule has 1 aliphatic carbocycles. The minimum Gasteiger partial charge on any atom is -0.316 e. The highest BCUT2D eigenvalue weighted by atomic mass is 32.2. The summed E-state index contributed by atoms with van der Waals surface area (Å²) in [4.78, 5) is 11.2. The number of benzene rings is 1. The molecule has 2 aromatic rings. The lowest BCUT2D eigenvalue weighted by Gasteiger charge is -2.20. The van der Waals surface area contributed by atoms with Crippen molar-refractivity contribution in [1.82, 2.24) is 15.3 Å². The van der Waals surface area contributed by atoms with Crippen molar-refractivity contribution in [1.29, 1.82) is 0 Å². The Morgan fingerprint density at radius 2 is 1.91 bits per heavy atom. The van der Waals surface area contributed by atoms with Crippen LogP contribution in [0.3, 0.4) is 0 Å². The normalized spacial score (nSPS) is 20.8. The van der Waals surface area contributed by atoms with Gasteiger partial charge in [0.05, 0.1) is 0 Å². The summed E-state index contributed by atoms with van der Waals surface area (Å²) < 4.78 is 0. The predicted octanol–water partition coefficient (Wildman–Crippen LogP) is 3.58. The van der Waals surface area contributed by atoms with E-state index in [1.165, 1.54) is 34.0 Å². The maximum atomic E-state index is 4.98. The van der Waals surface area contributed by atoms with E-state index in [1.54, 1.807) is 11.8 Å². The molecule has 1 unspecified atom stereocenters. The van der Waals surface area contributed by atoms with Gasteiger partial charge in [-0.1, -0.05) is 30.0 Å². The van der Waals surface area contributed by atoms with Gasteiger partial charge in [-0.3, -0.25) is 0 Å². The molecular weight excluding hydrogens is 290 g/mol. The van der Waals surface area contributed by atoms with Crippen LogP contribution in [-0.4, -0.2) is 23.1 Å². The summed E-state index contributed by atoms with van der Waals surface area (Å²) in [5, 5.41) is 4.63. The molecule has 2 heterocycles. The largest absolute Gasteiger partial charge is 0.316 e. The molecule has 0 spiro atoms. The van der Waals surface area contributed by atoms with Crippen molar-refractivity contribution >= 4 is 11.8 Å². The number of aromatic nitrogens is 2. The minimum atomic E-state index is 0.488. The van der Waals surface area contributed by atoms with E-state index in [-0.39, 0.29) is 0 Å². The summed E-state index contributed by atoms with van der Waals surface area (Å²) in [5.74, 6) is 1.55. The van der Waals surface area contributed by atoms with Crippen molar-refractivity contribution in [2.45, 2.75) is 47.9 Å². The molecule has 1 aromatic carbocycles. The molecule has 0 radical (unpaired) electrons. The standard InChI is InChI=1S/C18H21N3S/c1-2-6-14(7-3-1)22-18-15-8-4-5-9-16(15)20-17(21-18)13-10-11-19-12-13/h1-3,6-7,13,19H,4-5,8-12H2. The molecule has 2 aliphatic rings. The minimum absolute atomic E-state index is 0.488. The average molecular weight is 311 g/mol. The maximum Gasteiger partial charge on any atom is 0.134 e. The van der Waals surface area contributed by atoms with E-state index in [1.807, 2.05) is 0 Å². The second-order valence-electron chi connectivity index (χ2n) is 6.12. The quantitative estimate of drug-likeness (QED) is 0.879. The molecule has 22 heavy (non-hydrogen) atoms. The smallest absolute Gasteiger partial charge is 0.134 e. The van der Waals surface area contributed by atoms with Gasteiger partial charge in [0, 0.05) is 28.6 Å². The van der Waals surface area contributed by atoms with Gasteiger partial charge < -0.3 is 5.32 Å². The van der Waals surface area contributed by atoms with Crippen LogP contribution in [-0.2, 0) is 12.8 Å². The number of hydrogen-bond acceptors (Lipinski definition) is 4. The number of fused-ring (bicyclic) bond motifs is 1. The Morgan fingerprint density at radius 1 is 1.05 bits per heavy atom. The van der Waals surface area contributed by atoms with E-state index in [4.69, 9.17) is 9.97 Å². The number of nitrogens with one attached hydrogen (secondary N) is 1. The third-order valence-electron chi connectivity index (χ3n) is 4.55. The highest BCUT2D eigenvalue weighted by molar-refractivity contribution is 7.99. The Morgan fingerprint density at radius 3 is 2.73 bits per heavy atom. The van der Waals surface area contributed by atoms with Gasteiger partial charge in [-0.25, -0.2) is 9.97 Å². The molecular formula is C18H21N3S. The van der Waals surface area contributed by atoms with Crippen molar-refractivity contribution in [3.05, 3.63) is 47.4 Å². The first-order valence-electron chi connectivity index (χ1n) is 8.23. The lowest BCUT2D eigenvalue weighted by molar-refractivity contribution is 0.611. The topological polar surface area (TPSA) is 37.8 Å². The first-order valence-corrected chi connectivity index (χ1v) is 9.05. The van der Waals surface area contributed by atoms with Crippen LogP contribution in [0.5, 0.6) is 0 Å². The van der Waals surface area contributed by atoms with Crippen LogP contribution >= 0.6 is 11.8 Å². The third-order valence-corrected chi connectivity index (χ3v) is 5.58. The van der Waals surface area contributed by atoms with Gasteiger partial charge in [-0.05, 0) is 50.8 Å². The third kappa shape index (κ3) is 2.90. The zero-order valence-electron chi connectivity index (χ0n) is 12.7. The van der Waals surface area contributed by atoms with E-state index in [0.29, 0.717) is 5.92 Å². The van der Waals surface area contributed by atoms with E-state index in [0.717, 1.165) is 38.2 Å². The SMILES string of the molecule is c1ccc(Sc2nc(C3CCNC3)nc3c2CCCC3)cc1. The fourth-order valence-electron chi connectivity index (χ4n) is 3.32. The van der Waals surface area contributed by atoms with Crippen molar-refractivity contribution in [3.8, 4) is 0 Å². The van der Waals surface area contributed by atoms with Gasteiger partial charge in [-0.2, -0.15) is 0 Å². The summed E-state index contributed by atoms with van der Waals surface area (Å²) in [6.07, 6.45) is 5.94. The summed E-state index contributed by atoms with van der Waals surface area (Å²) >= 11 is 1.80. The molecule has 0 bridgehead atoms. The van der Waals surface area contributed by atoms with Crippen LogP contribution in [0.4, 0.5) is 0 Å². The van der Waals surface area contributed by atoms with Crippen LogP contribution in [0, 0.1) is 0 Å². The molecule has 4 rings (SSSR count). The Kier molecular flexibility index (Phi) is 4.13. The molecule has 0 saturated carbocycles. The van der Waals surface area contributed by atoms with Gasteiger partial charge in [-0.15, -0.1) is 0 Å². The van der Waals surface area contributed by atoms with Gasteiger partial charge in [0.25, 0.3) is 0 Å². The average Bonchev–Trinajstić information content (AvgIpc) is 3.10. The molecule has 114 valence electrons. The first kappa shape index (κ1) is 14.2. The highest BCUT2D eigenvalue weighted by Crippen LogP contribution is 2.34. The predicted molar refractivity (Wildman–Crippen MR) is 89.5 cm³/mol. The van der Waals surface area contributed by atoms with E-state index in [2.05, 4.69) is 35.6 Å². The molecule has 1 N–H and O–H groups in total. The Balaban J connectivity index is 1.72. The van der Waals surface area contributed by atoms with Crippen LogP contribution in [0.25, 0.3) is 0 Å². The number of nitrogens with zero attached hydrogens (tertiary/aromatic N) is 2. The molecule has 1 aliphatic heterocycles. The number of hydrogen-bond donors (Lipinski definition) is 1. The highest BCUT2D eigenvalue weighted by Gasteiger charge is 2.24. The van der Waals surface area contributed by atoms with E-state index in [9.17, 15) is 0 Å². The van der Waals surface area contributed by atoms with Crippen LogP contribution in [0.1, 0.15) is 42.3 Å². The van der Waals surface area contributed by atoms with Crippen molar-refractivity contribution in [3.63, 3.8) is 0 Å². The van der Waals surface area contributed by atoms with Crippen LogP contribution in [0.15, 0.2) is 40.3 Å². The Hall–Kier alpha value is -1.39. The lowest BCUT2D eigenvalue weighted by atomic mass is 9.97. The fourth-order valence-corrected chi connectivity index (χ4v) is 4.32. The summed E-state index contributed by atoms with van der Waals surface area (Å²) in [6.45, 7) is 2.11. The molecule has 1 atom stereocenters. The van der Waals surface area contributed by atoms with E-state index >= 15 is 0 Å². The number of rotatable bonds is 3. The van der Waals surface area contributed by atoms with E-state index < -0.39 is 0 Å². The Labute approximate surface area is 136 Å². The van der Waals surface area contributed by atoms with Gasteiger partial charge in [0.15, 0.2) is 0 Å². The summed E-state index contributed by atoms with van der Waals surface area (Å²) in [7, 11) is 0. The number of aryl methyl sites for hydroxylation is 1. The molecule has 4 heteroatoms. The van der Waals surface area contributed by atoms with Crippen molar-refractivity contribution < 1.29 is 0 Å². The molecule has 0 amide bonds. The summed E-state index contributed by atoms with van der Waals surface area (Å²) in [5.41, 5.74) is 2.70. The van der Waals surface area contributed by atoms with Gasteiger partial charge in [0.1, 0.15) is 10.9 Å². The van der Waals surface area contributed by atoms with Crippen LogP contribution < -0.4 is 5.32 Å². The second-order valence-corrected chi connectivity index (χ2v) is 7.19. The molecule has 3 nitrogen and oxygen atoms in total. The van der Waals surface area contributed by atoms with Crippen molar-refractivity contribution in [2.75, 3.05) is 13.1 Å². The second kappa shape index (κ2) is 6.39.